The van der Waals surface area contributed by atoms with Gasteiger partial charge in [-0.05, 0) is 50.1 Å². The van der Waals surface area contributed by atoms with Crippen molar-refractivity contribution in [3.05, 3.63) is 41.5 Å². The Labute approximate surface area is 141 Å². The van der Waals surface area contributed by atoms with Crippen LogP contribution in [0.5, 0.6) is 0 Å². The highest BCUT2D eigenvalue weighted by Crippen LogP contribution is 2.34. The minimum absolute atomic E-state index is 0.178. The molecule has 0 unspecified atom stereocenters. The summed E-state index contributed by atoms with van der Waals surface area (Å²) in [5.41, 5.74) is -0.885. The standard InChI is InChI=1S/C17H24FN5O/c1-16(2,3)23-15(19-20-21-23)12-22-10-8-17(24,9-11-22)13-6-4-5-7-14(13)18/h4-7,24H,8-12H2,1-3H3. The monoisotopic (exact) mass is 333 g/mol. The number of halogens is 1. The molecule has 1 aliphatic rings. The van der Waals surface area contributed by atoms with E-state index >= 15 is 0 Å². The third-order valence-electron chi connectivity index (χ3n) is 4.59. The first-order chi connectivity index (χ1) is 11.3. The Morgan fingerprint density at radius 1 is 1.21 bits per heavy atom. The lowest BCUT2D eigenvalue weighted by molar-refractivity contribution is -0.0312. The fraction of sp³-hybridized carbons (Fsp3) is 0.588. The predicted molar refractivity (Wildman–Crippen MR) is 87.6 cm³/mol. The van der Waals surface area contributed by atoms with Gasteiger partial charge in [0.05, 0.1) is 17.7 Å². The molecule has 0 atom stereocenters. The number of aliphatic hydroxyl groups is 1. The summed E-state index contributed by atoms with van der Waals surface area (Å²) in [5, 5.41) is 22.8. The summed E-state index contributed by atoms with van der Waals surface area (Å²) < 4.78 is 15.8. The summed E-state index contributed by atoms with van der Waals surface area (Å²) in [5.74, 6) is 0.462. The van der Waals surface area contributed by atoms with Gasteiger partial charge in [0.25, 0.3) is 0 Å². The zero-order valence-corrected chi connectivity index (χ0v) is 14.4. The second-order valence-corrected chi connectivity index (χ2v) is 7.47. The largest absolute Gasteiger partial charge is 0.385 e. The summed E-state index contributed by atoms with van der Waals surface area (Å²) in [7, 11) is 0. The van der Waals surface area contributed by atoms with E-state index in [9.17, 15) is 9.50 Å². The minimum Gasteiger partial charge on any atom is -0.385 e. The quantitative estimate of drug-likeness (QED) is 0.931. The Kier molecular flexibility index (Phi) is 4.40. The Balaban J connectivity index is 1.68. The van der Waals surface area contributed by atoms with Crippen LogP contribution in [0.2, 0.25) is 0 Å². The van der Waals surface area contributed by atoms with Crippen LogP contribution in [0.1, 0.15) is 45.0 Å². The molecule has 1 fully saturated rings. The predicted octanol–water partition coefficient (Wildman–Crippen LogP) is 2.05. The van der Waals surface area contributed by atoms with Crippen LogP contribution in [0, 0.1) is 5.82 Å². The molecular weight excluding hydrogens is 309 g/mol. The molecule has 0 spiro atoms. The lowest BCUT2D eigenvalue weighted by atomic mass is 9.84. The molecule has 2 heterocycles. The topological polar surface area (TPSA) is 67.1 Å². The fourth-order valence-corrected chi connectivity index (χ4v) is 3.21. The van der Waals surface area contributed by atoms with E-state index in [1.54, 1.807) is 18.2 Å². The van der Waals surface area contributed by atoms with Gasteiger partial charge in [-0.2, -0.15) is 0 Å². The maximum atomic E-state index is 14.0. The molecule has 2 aromatic rings. The number of aromatic nitrogens is 4. The number of hydrogen-bond donors (Lipinski definition) is 1. The molecule has 1 saturated heterocycles. The van der Waals surface area contributed by atoms with Crippen LogP contribution in [0.3, 0.4) is 0 Å². The SMILES string of the molecule is CC(C)(C)n1nnnc1CN1CCC(O)(c2ccccc2F)CC1. The molecule has 1 aromatic carbocycles. The van der Waals surface area contributed by atoms with Gasteiger partial charge in [0.2, 0.25) is 0 Å². The van der Waals surface area contributed by atoms with Gasteiger partial charge in [-0.3, -0.25) is 4.90 Å². The summed E-state index contributed by atoms with van der Waals surface area (Å²) in [4.78, 5) is 2.20. The Morgan fingerprint density at radius 3 is 2.50 bits per heavy atom. The normalized spacial score (nSPS) is 18.7. The second-order valence-electron chi connectivity index (χ2n) is 7.47. The summed E-state index contributed by atoms with van der Waals surface area (Å²) in [6.07, 6.45) is 0.982. The number of likely N-dealkylation sites (tertiary alicyclic amines) is 1. The van der Waals surface area contributed by atoms with E-state index in [1.807, 2.05) is 4.68 Å². The van der Waals surface area contributed by atoms with E-state index in [4.69, 9.17) is 0 Å². The number of rotatable bonds is 3. The Morgan fingerprint density at radius 2 is 1.88 bits per heavy atom. The first-order valence-electron chi connectivity index (χ1n) is 8.27. The molecule has 0 bridgehead atoms. The van der Waals surface area contributed by atoms with Gasteiger partial charge in [0.1, 0.15) is 5.82 Å². The molecule has 130 valence electrons. The van der Waals surface area contributed by atoms with Gasteiger partial charge in [-0.15, -0.1) is 5.10 Å². The zero-order chi connectivity index (χ0) is 17.4. The third kappa shape index (κ3) is 3.32. The van der Waals surface area contributed by atoms with Crippen molar-refractivity contribution in [3.63, 3.8) is 0 Å². The highest BCUT2D eigenvalue weighted by atomic mass is 19.1. The van der Waals surface area contributed by atoms with Crippen molar-refractivity contribution < 1.29 is 9.50 Å². The molecule has 1 N–H and O–H groups in total. The van der Waals surface area contributed by atoms with E-state index in [1.165, 1.54) is 6.07 Å². The Hall–Kier alpha value is -1.86. The van der Waals surface area contributed by atoms with Gasteiger partial charge >= 0.3 is 0 Å². The number of hydrogen-bond acceptors (Lipinski definition) is 5. The van der Waals surface area contributed by atoms with Crippen molar-refractivity contribution in [3.8, 4) is 0 Å². The van der Waals surface area contributed by atoms with Crippen molar-refractivity contribution in [2.75, 3.05) is 13.1 Å². The molecular formula is C17H24FN5O. The summed E-state index contributed by atoms with van der Waals surface area (Å²) in [6, 6.07) is 6.48. The van der Waals surface area contributed by atoms with Gasteiger partial charge in [-0.25, -0.2) is 9.07 Å². The van der Waals surface area contributed by atoms with Crippen LogP contribution in [-0.4, -0.2) is 43.3 Å². The number of piperidine rings is 1. The molecule has 0 amide bonds. The molecule has 24 heavy (non-hydrogen) atoms. The van der Waals surface area contributed by atoms with Gasteiger partial charge in [-0.1, -0.05) is 18.2 Å². The van der Waals surface area contributed by atoms with Crippen LogP contribution < -0.4 is 0 Å². The third-order valence-corrected chi connectivity index (χ3v) is 4.59. The van der Waals surface area contributed by atoms with Crippen LogP contribution in [0.4, 0.5) is 4.39 Å². The molecule has 7 heteroatoms. The van der Waals surface area contributed by atoms with Crippen LogP contribution in [0.15, 0.2) is 24.3 Å². The van der Waals surface area contributed by atoms with Crippen molar-refractivity contribution in [2.24, 2.45) is 0 Å². The molecule has 0 radical (unpaired) electrons. The molecule has 6 nitrogen and oxygen atoms in total. The summed E-state index contributed by atoms with van der Waals surface area (Å²) >= 11 is 0. The van der Waals surface area contributed by atoms with E-state index in [-0.39, 0.29) is 11.4 Å². The summed E-state index contributed by atoms with van der Waals surface area (Å²) in [6.45, 7) is 8.13. The average Bonchev–Trinajstić information content (AvgIpc) is 2.98. The van der Waals surface area contributed by atoms with Gasteiger partial charge in [0.15, 0.2) is 5.82 Å². The van der Waals surface area contributed by atoms with E-state index in [2.05, 4.69) is 41.2 Å². The lowest BCUT2D eigenvalue weighted by Gasteiger charge is -2.38. The Bertz CT molecular complexity index is 701. The lowest BCUT2D eigenvalue weighted by Crippen LogP contribution is -2.43. The molecule has 0 aliphatic carbocycles. The van der Waals surface area contributed by atoms with Crippen molar-refractivity contribution in [2.45, 2.75) is 51.3 Å². The minimum atomic E-state index is -1.10. The fourth-order valence-electron chi connectivity index (χ4n) is 3.21. The highest BCUT2D eigenvalue weighted by Gasteiger charge is 2.36. The van der Waals surface area contributed by atoms with Gasteiger partial charge < -0.3 is 5.11 Å². The molecule has 3 rings (SSSR count). The smallest absolute Gasteiger partial charge is 0.165 e. The second kappa shape index (κ2) is 6.22. The van der Waals surface area contributed by atoms with Crippen molar-refractivity contribution in [1.29, 1.82) is 0 Å². The van der Waals surface area contributed by atoms with E-state index in [0.717, 1.165) is 5.82 Å². The maximum absolute atomic E-state index is 14.0. The first kappa shape index (κ1) is 17.0. The highest BCUT2D eigenvalue weighted by molar-refractivity contribution is 5.25. The van der Waals surface area contributed by atoms with Crippen LogP contribution >= 0.6 is 0 Å². The van der Waals surface area contributed by atoms with E-state index in [0.29, 0.717) is 38.0 Å². The number of tetrazole rings is 1. The zero-order valence-electron chi connectivity index (χ0n) is 14.4. The van der Waals surface area contributed by atoms with Gasteiger partial charge in [0, 0.05) is 18.7 Å². The number of nitrogens with zero attached hydrogens (tertiary/aromatic N) is 5. The molecule has 1 aromatic heterocycles. The van der Waals surface area contributed by atoms with Crippen LogP contribution in [-0.2, 0) is 17.7 Å². The van der Waals surface area contributed by atoms with E-state index < -0.39 is 5.60 Å². The van der Waals surface area contributed by atoms with Crippen molar-refractivity contribution in [1.82, 2.24) is 25.1 Å². The van der Waals surface area contributed by atoms with Crippen LogP contribution in [0.25, 0.3) is 0 Å². The average molecular weight is 333 g/mol. The number of benzene rings is 1. The maximum Gasteiger partial charge on any atom is 0.165 e. The van der Waals surface area contributed by atoms with Crippen molar-refractivity contribution >= 4 is 0 Å². The molecule has 1 aliphatic heterocycles. The first-order valence-corrected chi connectivity index (χ1v) is 8.27. The molecule has 0 saturated carbocycles.